The molecule has 1 atom stereocenters. The summed E-state index contributed by atoms with van der Waals surface area (Å²) in [5.41, 5.74) is 4.22. The second-order valence-electron chi connectivity index (χ2n) is 5.83. The van der Waals surface area contributed by atoms with Crippen LogP contribution < -0.4 is 5.32 Å². The lowest BCUT2D eigenvalue weighted by Gasteiger charge is -2.15. The fraction of sp³-hybridized carbons (Fsp3) is 0.444. The fourth-order valence-corrected chi connectivity index (χ4v) is 3.55. The molecule has 1 aromatic heterocycles. The van der Waals surface area contributed by atoms with Crippen LogP contribution in [0.2, 0.25) is 0 Å². The van der Waals surface area contributed by atoms with E-state index in [0.29, 0.717) is 12.0 Å². The van der Waals surface area contributed by atoms with Gasteiger partial charge in [-0.25, -0.2) is 0 Å². The normalized spacial score (nSPS) is 12.9. The Morgan fingerprint density at radius 1 is 1.10 bits per heavy atom. The van der Waals surface area contributed by atoms with Gasteiger partial charge >= 0.3 is 0 Å². The maximum atomic E-state index is 3.46. The largest absolute Gasteiger partial charge is 0.312 e. The van der Waals surface area contributed by atoms with E-state index in [1.165, 1.54) is 26.4 Å². The highest BCUT2D eigenvalue weighted by Crippen LogP contribution is 2.28. The SMILES string of the molecule is CNC(Cc1ccc(C(C)C)cc1)c1cc(C)c(C)s1. The van der Waals surface area contributed by atoms with Crippen molar-refractivity contribution < 1.29 is 0 Å². The van der Waals surface area contributed by atoms with Crippen molar-refractivity contribution in [3.8, 4) is 0 Å². The highest BCUT2D eigenvalue weighted by Gasteiger charge is 2.13. The lowest BCUT2D eigenvalue weighted by molar-refractivity contribution is 0.602. The number of hydrogen-bond donors (Lipinski definition) is 1. The van der Waals surface area contributed by atoms with Gasteiger partial charge in [-0.3, -0.25) is 0 Å². The maximum absolute atomic E-state index is 3.46. The highest BCUT2D eigenvalue weighted by molar-refractivity contribution is 7.12. The molecule has 2 aromatic rings. The third-order valence-electron chi connectivity index (χ3n) is 3.96. The number of nitrogens with one attached hydrogen (secondary N) is 1. The molecule has 0 fully saturated rings. The molecule has 0 aliphatic heterocycles. The number of aryl methyl sites for hydroxylation is 2. The topological polar surface area (TPSA) is 12.0 Å². The minimum atomic E-state index is 0.414. The monoisotopic (exact) mass is 287 g/mol. The van der Waals surface area contributed by atoms with Crippen LogP contribution in [-0.2, 0) is 6.42 Å². The number of benzene rings is 1. The van der Waals surface area contributed by atoms with Crippen molar-refractivity contribution in [3.05, 3.63) is 56.8 Å². The Labute approximate surface area is 127 Å². The number of hydrogen-bond acceptors (Lipinski definition) is 2. The Hall–Kier alpha value is -1.12. The van der Waals surface area contributed by atoms with Gasteiger partial charge in [-0.15, -0.1) is 11.3 Å². The van der Waals surface area contributed by atoms with Crippen LogP contribution in [-0.4, -0.2) is 7.05 Å². The summed E-state index contributed by atoms with van der Waals surface area (Å²) < 4.78 is 0. The molecule has 1 nitrogen and oxygen atoms in total. The molecule has 0 saturated heterocycles. The van der Waals surface area contributed by atoms with E-state index in [1.54, 1.807) is 0 Å². The van der Waals surface area contributed by atoms with Crippen molar-refractivity contribution in [3.63, 3.8) is 0 Å². The predicted molar refractivity (Wildman–Crippen MR) is 89.8 cm³/mol. The molecule has 0 aliphatic carbocycles. The molecular weight excluding hydrogens is 262 g/mol. The number of likely N-dealkylation sites (N-methyl/N-ethyl adjacent to an activating group) is 1. The highest BCUT2D eigenvalue weighted by atomic mass is 32.1. The first-order chi connectivity index (χ1) is 9.51. The second-order valence-corrected chi connectivity index (χ2v) is 7.12. The molecule has 0 aliphatic rings. The van der Waals surface area contributed by atoms with E-state index in [-0.39, 0.29) is 0 Å². The standard InChI is InChI=1S/C18H25NS/c1-12(2)16-8-6-15(7-9-16)11-17(19-5)18-10-13(3)14(4)20-18/h6-10,12,17,19H,11H2,1-5H3. The van der Waals surface area contributed by atoms with E-state index in [0.717, 1.165) is 6.42 Å². The first kappa shape index (κ1) is 15.3. The Morgan fingerprint density at radius 2 is 1.75 bits per heavy atom. The molecule has 0 spiro atoms. The van der Waals surface area contributed by atoms with Crippen LogP contribution in [0.4, 0.5) is 0 Å². The smallest absolute Gasteiger partial charge is 0.0453 e. The first-order valence-corrected chi connectivity index (χ1v) is 8.16. The van der Waals surface area contributed by atoms with Crippen molar-refractivity contribution >= 4 is 11.3 Å². The van der Waals surface area contributed by atoms with Crippen LogP contribution in [0.25, 0.3) is 0 Å². The van der Waals surface area contributed by atoms with E-state index < -0.39 is 0 Å². The molecule has 2 rings (SSSR count). The van der Waals surface area contributed by atoms with Gasteiger partial charge in [0.1, 0.15) is 0 Å². The van der Waals surface area contributed by atoms with E-state index in [2.05, 4.69) is 70.4 Å². The van der Waals surface area contributed by atoms with Crippen molar-refractivity contribution in [1.82, 2.24) is 5.32 Å². The summed E-state index contributed by atoms with van der Waals surface area (Å²) in [5, 5.41) is 3.46. The lowest BCUT2D eigenvalue weighted by atomic mass is 9.98. The van der Waals surface area contributed by atoms with Gasteiger partial charge in [-0.05, 0) is 56.0 Å². The number of rotatable bonds is 5. The van der Waals surface area contributed by atoms with Crippen LogP contribution in [0.15, 0.2) is 30.3 Å². The summed E-state index contributed by atoms with van der Waals surface area (Å²) in [6, 6.07) is 11.8. The van der Waals surface area contributed by atoms with Gasteiger partial charge in [0.25, 0.3) is 0 Å². The Kier molecular flexibility index (Phi) is 5.00. The summed E-state index contributed by atoms with van der Waals surface area (Å²) >= 11 is 1.91. The summed E-state index contributed by atoms with van der Waals surface area (Å²) in [5.74, 6) is 0.603. The molecular formula is C18H25NS. The minimum Gasteiger partial charge on any atom is -0.312 e. The summed E-state index contributed by atoms with van der Waals surface area (Å²) in [4.78, 5) is 2.87. The van der Waals surface area contributed by atoms with Crippen LogP contribution in [0.1, 0.15) is 52.3 Å². The molecule has 20 heavy (non-hydrogen) atoms. The minimum absolute atomic E-state index is 0.414. The average Bonchev–Trinajstić information content (AvgIpc) is 2.76. The van der Waals surface area contributed by atoms with Gasteiger partial charge in [0.15, 0.2) is 0 Å². The predicted octanol–water partition coefficient (Wildman–Crippen LogP) is 4.99. The van der Waals surface area contributed by atoms with Gasteiger partial charge < -0.3 is 5.32 Å². The van der Waals surface area contributed by atoms with Gasteiger partial charge in [-0.2, -0.15) is 0 Å². The van der Waals surface area contributed by atoms with Crippen LogP contribution in [0.3, 0.4) is 0 Å². The molecule has 1 N–H and O–H groups in total. The number of thiophene rings is 1. The Bertz CT molecular complexity index is 532. The zero-order chi connectivity index (χ0) is 14.7. The van der Waals surface area contributed by atoms with Crippen LogP contribution >= 0.6 is 11.3 Å². The van der Waals surface area contributed by atoms with Crippen LogP contribution in [0, 0.1) is 13.8 Å². The molecule has 108 valence electrons. The first-order valence-electron chi connectivity index (χ1n) is 7.34. The van der Waals surface area contributed by atoms with E-state index >= 15 is 0 Å². The van der Waals surface area contributed by atoms with Gasteiger partial charge in [0.2, 0.25) is 0 Å². The van der Waals surface area contributed by atoms with Gasteiger partial charge in [0, 0.05) is 15.8 Å². The van der Waals surface area contributed by atoms with Gasteiger partial charge in [0.05, 0.1) is 0 Å². The van der Waals surface area contributed by atoms with Crippen molar-refractivity contribution in [2.75, 3.05) is 7.05 Å². The third kappa shape index (κ3) is 3.50. The van der Waals surface area contributed by atoms with Crippen molar-refractivity contribution in [2.45, 2.75) is 46.1 Å². The Balaban J connectivity index is 2.13. The van der Waals surface area contributed by atoms with E-state index in [1.807, 2.05) is 11.3 Å². The molecule has 1 aromatic carbocycles. The molecule has 2 heteroatoms. The van der Waals surface area contributed by atoms with Gasteiger partial charge in [-0.1, -0.05) is 38.1 Å². The summed E-state index contributed by atoms with van der Waals surface area (Å²) in [6.45, 7) is 8.87. The molecule has 0 saturated carbocycles. The average molecular weight is 287 g/mol. The fourth-order valence-electron chi connectivity index (χ4n) is 2.39. The maximum Gasteiger partial charge on any atom is 0.0453 e. The quantitative estimate of drug-likeness (QED) is 0.816. The lowest BCUT2D eigenvalue weighted by Crippen LogP contribution is -2.17. The van der Waals surface area contributed by atoms with E-state index in [9.17, 15) is 0 Å². The Morgan fingerprint density at radius 3 is 2.20 bits per heavy atom. The molecule has 0 bridgehead atoms. The van der Waals surface area contributed by atoms with Crippen LogP contribution in [0.5, 0.6) is 0 Å². The third-order valence-corrected chi connectivity index (χ3v) is 5.23. The van der Waals surface area contributed by atoms with E-state index in [4.69, 9.17) is 0 Å². The molecule has 0 amide bonds. The summed E-state index contributed by atoms with van der Waals surface area (Å²) in [6.07, 6.45) is 1.05. The van der Waals surface area contributed by atoms with Crippen molar-refractivity contribution in [1.29, 1.82) is 0 Å². The zero-order valence-electron chi connectivity index (χ0n) is 13.2. The molecule has 1 unspecified atom stereocenters. The molecule has 0 radical (unpaired) electrons. The molecule has 1 heterocycles. The second kappa shape index (κ2) is 6.55. The summed E-state index contributed by atoms with van der Waals surface area (Å²) in [7, 11) is 2.05. The van der Waals surface area contributed by atoms with Crippen molar-refractivity contribution in [2.24, 2.45) is 0 Å². The zero-order valence-corrected chi connectivity index (χ0v) is 14.0.